The molecule has 1 N–H and O–H groups in total. The van der Waals surface area contributed by atoms with Gasteiger partial charge in [0.1, 0.15) is 5.82 Å². The van der Waals surface area contributed by atoms with Gasteiger partial charge in [-0.1, -0.05) is 59.8 Å². The highest BCUT2D eigenvalue weighted by molar-refractivity contribution is 9.10. The summed E-state index contributed by atoms with van der Waals surface area (Å²) in [7, 11) is 0. The Balaban J connectivity index is 2.21. The Hall–Kier alpha value is -0.670. The topological polar surface area (TPSA) is 12.0 Å². The molecule has 0 aliphatic heterocycles. The summed E-state index contributed by atoms with van der Waals surface area (Å²) in [6.45, 7) is 3.93. The molecule has 0 saturated heterocycles. The molecule has 1 aromatic rings. The van der Waals surface area contributed by atoms with Crippen LogP contribution in [0.1, 0.15) is 44.6 Å². The second kappa shape index (κ2) is 7.94. The van der Waals surface area contributed by atoms with Crippen LogP contribution in [-0.2, 0) is 0 Å². The maximum absolute atomic E-state index is 14.0. The number of benzene rings is 1. The first-order valence-corrected chi connectivity index (χ1v) is 8.36. The van der Waals surface area contributed by atoms with Crippen LogP contribution < -0.4 is 5.32 Å². The van der Waals surface area contributed by atoms with Crippen molar-refractivity contribution < 1.29 is 4.39 Å². The summed E-state index contributed by atoms with van der Waals surface area (Å²) in [5.41, 5.74) is 2.06. The van der Waals surface area contributed by atoms with Crippen molar-refractivity contribution in [3.63, 3.8) is 0 Å². The molecule has 1 saturated carbocycles. The fourth-order valence-corrected chi connectivity index (χ4v) is 3.21. The van der Waals surface area contributed by atoms with E-state index in [4.69, 9.17) is 0 Å². The van der Waals surface area contributed by atoms with E-state index >= 15 is 0 Å². The summed E-state index contributed by atoms with van der Waals surface area (Å²) in [5.74, 6) is 0.468. The lowest BCUT2D eigenvalue weighted by atomic mass is 9.83. The van der Waals surface area contributed by atoms with Gasteiger partial charge in [-0.2, -0.15) is 0 Å². The molecule has 3 heteroatoms. The number of halogens is 2. The molecule has 0 spiro atoms. The first-order chi connectivity index (χ1) is 9.70. The Kier molecular flexibility index (Phi) is 6.24. The van der Waals surface area contributed by atoms with Crippen LogP contribution in [-0.4, -0.2) is 13.1 Å². The van der Waals surface area contributed by atoms with Gasteiger partial charge in [-0.25, -0.2) is 4.39 Å². The second-order valence-electron chi connectivity index (χ2n) is 5.50. The third-order valence-corrected chi connectivity index (χ3v) is 4.51. The smallest absolute Gasteiger partial charge is 0.131 e. The van der Waals surface area contributed by atoms with Crippen molar-refractivity contribution in [3.8, 4) is 0 Å². The standard InChI is InChI=1S/C17H23BrFN/c1-2-20-12-15(13-6-4-3-5-7-13)10-14-8-9-16(18)11-17(14)19/h8-11,13,20H,2-7,12H2,1H3/b15-10-. The molecule has 2 rings (SSSR count). The maximum Gasteiger partial charge on any atom is 0.131 e. The number of hydrogen-bond acceptors (Lipinski definition) is 1. The highest BCUT2D eigenvalue weighted by Gasteiger charge is 2.18. The second-order valence-corrected chi connectivity index (χ2v) is 6.42. The Morgan fingerprint density at radius 3 is 2.75 bits per heavy atom. The van der Waals surface area contributed by atoms with Gasteiger partial charge >= 0.3 is 0 Å². The van der Waals surface area contributed by atoms with Gasteiger partial charge in [0.05, 0.1) is 0 Å². The highest BCUT2D eigenvalue weighted by atomic mass is 79.9. The molecule has 1 nitrogen and oxygen atoms in total. The quantitative estimate of drug-likeness (QED) is 0.781. The number of hydrogen-bond donors (Lipinski definition) is 1. The zero-order valence-electron chi connectivity index (χ0n) is 12.1. The minimum Gasteiger partial charge on any atom is -0.313 e. The molecule has 0 radical (unpaired) electrons. The van der Waals surface area contributed by atoms with Gasteiger partial charge in [-0.3, -0.25) is 0 Å². The molecular formula is C17H23BrFN. The molecule has 1 aliphatic carbocycles. The number of nitrogens with one attached hydrogen (secondary N) is 1. The van der Waals surface area contributed by atoms with Gasteiger partial charge in [0.15, 0.2) is 0 Å². The van der Waals surface area contributed by atoms with Crippen molar-refractivity contribution >= 4 is 22.0 Å². The van der Waals surface area contributed by atoms with E-state index < -0.39 is 0 Å². The van der Waals surface area contributed by atoms with E-state index in [2.05, 4.69) is 34.2 Å². The Morgan fingerprint density at radius 1 is 1.35 bits per heavy atom. The van der Waals surface area contributed by atoms with Crippen molar-refractivity contribution in [3.05, 3.63) is 39.6 Å². The summed E-state index contributed by atoms with van der Waals surface area (Å²) < 4.78 is 14.8. The summed E-state index contributed by atoms with van der Waals surface area (Å²) in [6, 6.07) is 5.30. The van der Waals surface area contributed by atoms with E-state index in [1.165, 1.54) is 43.7 Å². The fourth-order valence-electron chi connectivity index (χ4n) is 2.87. The van der Waals surface area contributed by atoms with Crippen molar-refractivity contribution in [2.75, 3.05) is 13.1 Å². The van der Waals surface area contributed by atoms with E-state index in [0.717, 1.165) is 17.6 Å². The van der Waals surface area contributed by atoms with Crippen molar-refractivity contribution in [1.82, 2.24) is 5.32 Å². The van der Waals surface area contributed by atoms with E-state index in [-0.39, 0.29) is 5.82 Å². The van der Waals surface area contributed by atoms with Crippen LogP contribution in [0.3, 0.4) is 0 Å². The van der Waals surface area contributed by atoms with Crippen molar-refractivity contribution in [1.29, 1.82) is 0 Å². The molecule has 110 valence electrons. The minimum absolute atomic E-state index is 0.149. The maximum atomic E-state index is 14.0. The fraction of sp³-hybridized carbons (Fsp3) is 0.529. The van der Waals surface area contributed by atoms with Crippen molar-refractivity contribution in [2.45, 2.75) is 39.0 Å². The third kappa shape index (κ3) is 4.42. The van der Waals surface area contributed by atoms with E-state index in [1.807, 2.05) is 12.1 Å². The summed E-state index contributed by atoms with van der Waals surface area (Å²) in [6.07, 6.45) is 8.50. The van der Waals surface area contributed by atoms with E-state index in [0.29, 0.717) is 11.5 Å². The molecule has 0 amide bonds. The first kappa shape index (κ1) is 15.7. The third-order valence-electron chi connectivity index (χ3n) is 4.01. The molecule has 0 atom stereocenters. The van der Waals surface area contributed by atoms with Crippen LogP contribution in [0.4, 0.5) is 4.39 Å². The predicted octanol–water partition coefficient (Wildman–Crippen LogP) is 5.16. The number of rotatable bonds is 5. The molecule has 0 aromatic heterocycles. The molecule has 1 fully saturated rings. The Bertz CT molecular complexity index is 464. The van der Waals surface area contributed by atoms with Crippen LogP contribution in [0.5, 0.6) is 0 Å². The van der Waals surface area contributed by atoms with Crippen LogP contribution >= 0.6 is 15.9 Å². The summed E-state index contributed by atoms with van der Waals surface area (Å²) >= 11 is 3.31. The van der Waals surface area contributed by atoms with Crippen LogP contribution in [0.25, 0.3) is 6.08 Å². The number of likely N-dealkylation sites (N-methyl/N-ethyl adjacent to an activating group) is 1. The monoisotopic (exact) mass is 339 g/mol. The Labute approximate surface area is 129 Å². The van der Waals surface area contributed by atoms with Gasteiger partial charge in [0.25, 0.3) is 0 Å². The van der Waals surface area contributed by atoms with E-state index in [9.17, 15) is 4.39 Å². The average molecular weight is 340 g/mol. The largest absolute Gasteiger partial charge is 0.313 e. The molecule has 0 heterocycles. The molecule has 1 aromatic carbocycles. The SMILES string of the molecule is CCNC/C(=C/c1ccc(Br)cc1F)C1CCCCC1. The highest BCUT2D eigenvalue weighted by Crippen LogP contribution is 2.31. The molecule has 20 heavy (non-hydrogen) atoms. The Morgan fingerprint density at radius 2 is 2.10 bits per heavy atom. The van der Waals surface area contributed by atoms with Crippen LogP contribution in [0, 0.1) is 11.7 Å². The lowest BCUT2D eigenvalue weighted by Gasteiger charge is -2.25. The van der Waals surface area contributed by atoms with Gasteiger partial charge in [-0.15, -0.1) is 0 Å². The average Bonchev–Trinajstić information content (AvgIpc) is 2.46. The van der Waals surface area contributed by atoms with Gasteiger partial charge < -0.3 is 5.32 Å². The normalized spacial score (nSPS) is 17.4. The van der Waals surface area contributed by atoms with Gasteiger partial charge in [-0.05, 0) is 37.4 Å². The lowest BCUT2D eigenvalue weighted by Crippen LogP contribution is -2.22. The zero-order valence-corrected chi connectivity index (χ0v) is 13.7. The zero-order chi connectivity index (χ0) is 14.4. The van der Waals surface area contributed by atoms with E-state index in [1.54, 1.807) is 0 Å². The summed E-state index contributed by atoms with van der Waals surface area (Å²) in [4.78, 5) is 0. The molecular weight excluding hydrogens is 317 g/mol. The van der Waals surface area contributed by atoms with Crippen LogP contribution in [0.15, 0.2) is 28.2 Å². The van der Waals surface area contributed by atoms with Crippen molar-refractivity contribution in [2.24, 2.45) is 5.92 Å². The predicted molar refractivity (Wildman–Crippen MR) is 87.2 cm³/mol. The minimum atomic E-state index is -0.149. The molecule has 1 aliphatic rings. The van der Waals surface area contributed by atoms with Gasteiger partial charge in [0.2, 0.25) is 0 Å². The molecule has 0 unspecified atom stereocenters. The first-order valence-electron chi connectivity index (χ1n) is 7.57. The molecule has 0 bridgehead atoms. The van der Waals surface area contributed by atoms with Gasteiger partial charge in [0, 0.05) is 16.6 Å². The van der Waals surface area contributed by atoms with Crippen LogP contribution in [0.2, 0.25) is 0 Å². The summed E-state index contributed by atoms with van der Waals surface area (Å²) in [5, 5.41) is 3.40. The lowest BCUT2D eigenvalue weighted by molar-refractivity contribution is 0.397.